The average Bonchev–Trinajstić information content (AvgIpc) is 3.14. The molecule has 5 nitrogen and oxygen atoms in total. The van der Waals surface area contributed by atoms with Gasteiger partial charge in [0.15, 0.2) is 0 Å². The van der Waals surface area contributed by atoms with Crippen molar-refractivity contribution >= 4 is 16.7 Å². The number of nitrogens with zero attached hydrogens (tertiary/aromatic N) is 3. The van der Waals surface area contributed by atoms with E-state index >= 15 is 0 Å². The average molecular weight is 392 g/mol. The normalized spacial score (nSPS) is 15.7. The molecule has 0 saturated carbocycles. The van der Waals surface area contributed by atoms with Crippen molar-refractivity contribution in [1.82, 2.24) is 14.7 Å². The topological polar surface area (TPSA) is 39.9 Å². The predicted octanol–water partition coefficient (Wildman–Crippen LogP) is 3.52. The summed E-state index contributed by atoms with van der Waals surface area (Å²) >= 11 is 0. The van der Waals surface area contributed by atoms with Gasteiger partial charge in [-0.2, -0.15) is 0 Å². The first-order chi connectivity index (χ1) is 14.1. The van der Waals surface area contributed by atoms with E-state index in [0.29, 0.717) is 13.1 Å². The highest BCUT2D eigenvalue weighted by Crippen LogP contribution is 2.20. The number of fused-ring (bicyclic) bond motifs is 1. The standard InChI is InChI=1S/C24H29N3O2/c1-19-10-11-22(29-19)17-25(2)24(28)18-27-14-12-26(13-15-27)16-21-8-5-7-20-6-3-4-9-23(20)21/h3-11H,12-18H2,1-2H3. The van der Waals surface area contributed by atoms with E-state index in [1.165, 1.54) is 16.3 Å². The molecular weight excluding hydrogens is 362 g/mol. The van der Waals surface area contributed by atoms with E-state index < -0.39 is 0 Å². The Kier molecular flexibility index (Phi) is 5.97. The van der Waals surface area contributed by atoms with Crippen LogP contribution in [0.25, 0.3) is 10.8 Å². The monoisotopic (exact) mass is 391 g/mol. The Labute approximate surface area is 172 Å². The number of likely N-dealkylation sites (N-methyl/N-ethyl adjacent to an activating group) is 1. The van der Waals surface area contributed by atoms with Crippen molar-refractivity contribution in [2.45, 2.75) is 20.0 Å². The van der Waals surface area contributed by atoms with Gasteiger partial charge in [0.1, 0.15) is 11.5 Å². The zero-order valence-corrected chi connectivity index (χ0v) is 17.3. The van der Waals surface area contributed by atoms with Gasteiger partial charge < -0.3 is 9.32 Å². The molecule has 3 aromatic rings. The number of amides is 1. The molecule has 5 heteroatoms. The van der Waals surface area contributed by atoms with E-state index in [0.717, 1.165) is 44.2 Å². The molecule has 2 heterocycles. The number of carbonyl (C=O) groups excluding carboxylic acids is 1. The summed E-state index contributed by atoms with van der Waals surface area (Å²) in [5.41, 5.74) is 1.38. The van der Waals surface area contributed by atoms with Crippen LogP contribution < -0.4 is 0 Å². The van der Waals surface area contributed by atoms with Gasteiger partial charge in [-0.25, -0.2) is 0 Å². The van der Waals surface area contributed by atoms with Crippen molar-refractivity contribution < 1.29 is 9.21 Å². The van der Waals surface area contributed by atoms with E-state index in [-0.39, 0.29) is 5.91 Å². The third-order valence-electron chi connectivity index (χ3n) is 5.71. The van der Waals surface area contributed by atoms with Crippen molar-refractivity contribution in [3.8, 4) is 0 Å². The van der Waals surface area contributed by atoms with E-state index in [2.05, 4.69) is 52.3 Å². The maximum atomic E-state index is 12.6. The quantitative estimate of drug-likeness (QED) is 0.645. The van der Waals surface area contributed by atoms with Crippen molar-refractivity contribution in [2.75, 3.05) is 39.8 Å². The van der Waals surface area contributed by atoms with Gasteiger partial charge in [0.2, 0.25) is 5.91 Å². The fourth-order valence-electron chi connectivity index (χ4n) is 3.98. The molecule has 0 radical (unpaired) electrons. The second-order valence-electron chi connectivity index (χ2n) is 7.95. The first-order valence-electron chi connectivity index (χ1n) is 10.3. The third-order valence-corrected chi connectivity index (χ3v) is 5.71. The predicted molar refractivity (Wildman–Crippen MR) is 116 cm³/mol. The lowest BCUT2D eigenvalue weighted by Crippen LogP contribution is -2.49. The number of hydrogen-bond acceptors (Lipinski definition) is 4. The van der Waals surface area contributed by atoms with Crippen LogP contribution in [0.2, 0.25) is 0 Å². The number of furan rings is 1. The Morgan fingerprint density at radius 1 is 0.966 bits per heavy atom. The molecular formula is C24H29N3O2. The summed E-state index contributed by atoms with van der Waals surface area (Å²) in [5, 5.41) is 2.63. The second-order valence-corrected chi connectivity index (χ2v) is 7.95. The summed E-state index contributed by atoms with van der Waals surface area (Å²) in [7, 11) is 1.84. The van der Waals surface area contributed by atoms with E-state index in [9.17, 15) is 4.79 Å². The Balaban J connectivity index is 1.27. The van der Waals surface area contributed by atoms with Crippen LogP contribution >= 0.6 is 0 Å². The van der Waals surface area contributed by atoms with Crippen molar-refractivity contribution in [1.29, 1.82) is 0 Å². The highest BCUT2D eigenvalue weighted by atomic mass is 16.3. The zero-order valence-electron chi connectivity index (χ0n) is 17.3. The fourth-order valence-corrected chi connectivity index (χ4v) is 3.98. The van der Waals surface area contributed by atoms with Crippen LogP contribution in [0, 0.1) is 6.92 Å². The molecule has 0 spiro atoms. The molecule has 0 N–H and O–H groups in total. The second kappa shape index (κ2) is 8.80. The van der Waals surface area contributed by atoms with Crippen LogP contribution in [0.15, 0.2) is 59.0 Å². The largest absolute Gasteiger partial charge is 0.464 e. The highest BCUT2D eigenvalue weighted by molar-refractivity contribution is 5.85. The summed E-state index contributed by atoms with van der Waals surface area (Å²) < 4.78 is 5.58. The number of aryl methyl sites for hydroxylation is 1. The molecule has 1 amide bonds. The van der Waals surface area contributed by atoms with E-state index in [1.807, 2.05) is 26.1 Å². The molecule has 1 fully saturated rings. The molecule has 29 heavy (non-hydrogen) atoms. The van der Waals surface area contributed by atoms with Crippen molar-refractivity contribution in [2.24, 2.45) is 0 Å². The van der Waals surface area contributed by atoms with E-state index in [1.54, 1.807) is 4.90 Å². The summed E-state index contributed by atoms with van der Waals surface area (Å²) in [6.45, 7) is 7.68. The smallest absolute Gasteiger partial charge is 0.236 e. The third kappa shape index (κ3) is 4.86. The minimum atomic E-state index is 0.140. The molecule has 1 saturated heterocycles. The first-order valence-corrected chi connectivity index (χ1v) is 10.3. The van der Waals surface area contributed by atoms with Gasteiger partial charge in [0.25, 0.3) is 0 Å². The molecule has 4 rings (SSSR count). The fraction of sp³-hybridized carbons (Fsp3) is 0.375. The number of rotatable bonds is 6. The van der Waals surface area contributed by atoms with Gasteiger partial charge in [-0.05, 0) is 35.4 Å². The number of carbonyl (C=O) groups is 1. The van der Waals surface area contributed by atoms with Gasteiger partial charge in [0, 0.05) is 39.8 Å². The van der Waals surface area contributed by atoms with Gasteiger partial charge in [-0.3, -0.25) is 14.6 Å². The van der Waals surface area contributed by atoms with Crippen molar-refractivity contribution in [3.63, 3.8) is 0 Å². The van der Waals surface area contributed by atoms with Crippen LogP contribution in [-0.4, -0.2) is 60.4 Å². The van der Waals surface area contributed by atoms with Gasteiger partial charge in [-0.15, -0.1) is 0 Å². The minimum Gasteiger partial charge on any atom is -0.464 e. The maximum absolute atomic E-state index is 12.6. The van der Waals surface area contributed by atoms with Crippen LogP contribution in [0.4, 0.5) is 0 Å². The van der Waals surface area contributed by atoms with Crippen LogP contribution in [-0.2, 0) is 17.9 Å². The molecule has 0 atom stereocenters. The highest BCUT2D eigenvalue weighted by Gasteiger charge is 2.21. The lowest BCUT2D eigenvalue weighted by molar-refractivity contribution is -0.132. The summed E-state index contributed by atoms with van der Waals surface area (Å²) in [6.07, 6.45) is 0. The van der Waals surface area contributed by atoms with Crippen LogP contribution in [0.3, 0.4) is 0 Å². The lowest BCUT2D eigenvalue weighted by atomic mass is 10.0. The molecule has 0 aliphatic carbocycles. The number of piperazine rings is 1. The molecule has 1 aliphatic heterocycles. The zero-order chi connectivity index (χ0) is 20.2. The minimum absolute atomic E-state index is 0.140. The number of hydrogen-bond donors (Lipinski definition) is 0. The maximum Gasteiger partial charge on any atom is 0.236 e. The summed E-state index contributed by atoms with van der Waals surface area (Å²) in [5.74, 6) is 1.85. The summed E-state index contributed by atoms with van der Waals surface area (Å²) in [6, 6.07) is 19.0. The molecule has 2 aromatic carbocycles. The SMILES string of the molecule is Cc1ccc(CN(C)C(=O)CN2CCN(Cc3cccc4ccccc34)CC2)o1. The Bertz CT molecular complexity index is 968. The molecule has 1 aliphatic rings. The molecule has 0 unspecified atom stereocenters. The Morgan fingerprint density at radius 3 is 2.45 bits per heavy atom. The lowest BCUT2D eigenvalue weighted by Gasteiger charge is -2.35. The van der Waals surface area contributed by atoms with Gasteiger partial charge in [0.05, 0.1) is 13.1 Å². The molecule has 152 valence electrons. The Hall–Kier alpha value is -2.63. The van der Waals surface area contributed by atoms with Gasteiger partial charge in [-0.1, -0.05) is 42.5 Å². The van der Waals surface area contributed by atoms with E-state index in [4.69, 9.17) is 4.42 Å². The van der Waals surface area contributed by atoms with Crippen LogP contribution in [0.1, 0.15) is 17.1 Å². The van der Waals surface area contributed by atoms with Crippen LogP contribution in [0.5, 0.6) is 0 Å². The molecule has 1 aromatic heterocycles. The first kappa shape index (κ1) is 19.7. The number of benzene rings is 2. The summed E-state index contributed by atoms with van der Waals surface area (Å²) in [4.78, 5) is 19.1. The van der Waals surface area contributed by atoms with Gasteiger partial charge >= 0.3 is 0 Å². The molecule has 0 bridgehead atoms. The Morgan fingerprint density at radius 2 is 1.69 bits per heavy atom. The van der Waals surface area contributed by atoms with Crippen molar-refractivity contribution in [3.05, 3.63) is 71.7 Å².